The lowest BCUT2D eigenvalue weighted by atomic mass is 10.2. The van der Waals surface area contributed by atoms with Crippen LogP contribution in [0.4, 0.5) is 5.95 Å². The quantitative estimate of drug-likeness (QED) is 0.794. The summed E-state index contributed by atoms with van der Waals surface area (Å²) in [5.41, 5.74) is 2.07. The molecule has 0 radical (unpaired) electrons. The van der Waals surface area contributed by atoms with Crippen LogP contribution in [0.25, 0.3) is 0 Å². The van der Waals surface area contributed by atoms with Crippen LogP contribution in [0.1, 0.15) is 39.1 Å². The fraction of sp³-hybridized carbons (Fsp3) is 0.769. The van der Waals surface area contributed by atoms with Crippen molar-refractivity contribution in [1.29, 1.82) is 0 Å². The van der Waals surface area contributed by atoms with Gasteiger partial charge >= 0.3 is 0 Å². The number of aryl methyl sites for hydroxylation is 2. The molecule has 0 aliphatic rings. The van der Waals surface area contributed by atoms with E-state index in [9.17, 15) is 0 Å². The van der Waals surface area contributed by atoms with Gasteiger partial charge in [0.15, 0.2) is 0 Å². The first kappa shape index (κ1) is 14.8. The molecule has 1 N–H and O–H groups in total. The Morgan fingerprint density at radius 2 is 1.78 bits per heavy atom. The number of anilines is 1. The number of rotatable bonds is 7. The molecule has 1 heterocycles. The molecule has 0 spiro atoms. The van der Waals surface area contributed by atoms with Crippen LogP contribution in [0.2, 0.25) is 0 Å². The van der Waals surface area contributed by atoms with Crippen molar-refractivity contribution in [1.82, 2.24) is 20.5 Å². The Kier molecular flexibility index (Phi) is 5.98. The molecule has 0 amide bonds. The zero-order valence-electron chi connectivity index (χ0n) is 12.2. The maximum absolute atomic E-state index is 4.58. The van der Waals surface area contributed by atoms with E-state index < -0.39 is 0 Å². The minimum Gasteiger partial charge on any atom is -0.341 e. The summed E-state index contributed by atoms with van der Waals surface area (Å²) in [5, 5.41) is 11.8. The van der Waals surface area contributed by atoms with Crippen molar-refractivity contribution in [3.63, 3.8) is 0 Å². The molecule has 0 saturated heterocycles. The summed E-state index contributed by atoms with van der Waals surface area (Å²) in [6.07, 6.45) is 1.80. The Balaban J connectivity index is 2.65. The topological polar surface area (TPSA) is 53.9 Å². The van der Waals surface area contributed by atoms with E-state index in [4.69, 9.17) is 0 Å². The number of nitrogens with zero attached hydrogens (tertiary/aromatic N) is 4. The molecule has 0 saturated carbocycles. The summed E-state index contributed by atoms with van der Waals surface area (Å²) >= 11 is 0. The maximum atomic E-state index is 4.58. The van der Waals surface area contributed by atoms with Crippen LogP contribution in [0, 0.1) is 0 Å². The Hall–Kier alpha value is -1.23. The van der Waals surface area contributed by atoms with Gasteiger partial charge in [-0.2, -0.15) is 5.10 Å². The fourth-order valence-corrected chi connectivity index (χ4v) is 1.71. The van der Waals surface area contributed by atoms with Crippen LogP contribution < -0.4 is 10.2 Å². The van der Waals surface area contributed by atoms with E-state index in [1.807, 2.05) is 11.9 Å². The second kappa shape index (κ2) is 7.26. The van der Waals surface area contributed by atoms with Crippen LogP contribution in [-0.4, -0.2) is 41.4 Å². The summed E-state index contributed by atoms with van der Waals surface area (Å²) in [4.78, 5) is 6.63. The van der Waals surface area contributed by atoms with E-state index in [2.05, 4.69) is 48.2 Å². The lowest BCUT2D eigenvalue weighted by Crippen LogP contribution is -2.33. The molecule has 0 aliphatic heterocycles. The molecule has 0 bridgehead atoms. The molecule has 1 aromatic heterocycles. The third-order valence-corrected chi connectivity index (χ3v) is 2.84. The molecule has 5 nitrogen and oxygen atoms in total. The van der Waals surface area contributed by atoms with Crippen molar-refractivity contribution in [3.8, 4) is 0 Å². The Bertz CT molecular complexity index is 364. The van der Waals surface area contributed by atoms with Crippen LogP contribution in [0.3, 0.4) is 0 Å². The summed E-state index contributed by atoms with van der Waals surface area (Å²) in [7, 11) is 2.00. The van der Waals surface area contributed by atoms with Gasteiger partial charge in [0.05, 0.1) is 11.4 Å². The fourth-order valence-electron chi connectivity index (χ4n) is 1.71. The highest BCUT2D eigenvalue weighted by molar-refractivity contribution is 5.29. The third kappa shape index (κ3) is 4.22. The number of nitrogens with one attached hydrogen (secondary N) is 1. The lowest BCUT2D eigenvalue weighted by Gasteiger charge is -2.18. The lowest BCUT2D eigenvalue weighted by molar-refractivity contribution is 0.585. The molecule has 1 rings (SSSR count). The second-order valence-corrected chi connectivity index (χ2v) is 4.74. The van der Waals surface area contributed by atoms with Gasteiger partial charge in [-0.05, 0) is 12.8 Å². The molecular weight excluding hydrogens is 226 g/mol. The van der Waals surface area contributed by atoms with E-state index in [1.54, 1.807) is 0 Å². The van der Waals surface area contributed by atoms with Gasteiger partial charge in [-0.3, -0.25) is 0 Å². The molecule has 0 unspecified atom stereocenters. The van der Waals surface area contributed by atoms with Crippen LogP contribution in [-0.2, 0) is 12.8 Å². The highest BCUT2D eigenvalue weighted by atomic mass is 15.3. The highest BCUT2D eigenvalue weighted by Crippen LogP contribution is 2.09. The van der Waals surface area contributed by atoms with Gasteiger partial charge in [-0.1, -0.05) is 27.7 Å². The first-order valence-electron chi connectivity index (χ1n) is 6.75. The number of hydrogen-bond donors (Lipinski definition) is 1. The highest BCUT2D eigenvalue weighted by Gasteiger charge is 2.09. The minimum absolute atomic E-state index is 0.506. The zero-order valence-corrected chi connectivity index (χ0v) is 12.2. The van der Waals surface area contributed by atoms with E-state index >= 15 is 0 Å². The largest absolute Gasteiger partial charge is 0.341 e. The Labute approximate surface area is 110 Å². The summed E-state index contributed by atoms with van der Waals surface area (Å²) in [6, 6.07) is 0.506. The van der Waals surface area contributed by atoms with E-state index in [1.165, 1.54) is 0 Å². The molecule has 102 valence electrons. The average molecular weight is 251 g/mol. The molecular formula is C13H25N5. The normalized spacial score (nSPS) is 11.0. The zero-order chi connectivity index (χ0) is 13.5. The predicted molar refractivity (Wildman–Crippen MR) is 75.0 cm³/mol. The second-order valence-electron chi connectivity index (χ2n) is 4.74. The van der Waals surface area contributed by atoms with Crippen molar-refractivity contribution < 1.29 is 0 Å². The number of hydrogen-bond acceptors (Lipinski definition) is 5. The van der Waals surface area contributed by atoms with Gasteiger partial charge in [0, 0.05) is 26.2 Å². The van der Waals surface area contributed by atoms with Crippen molar-refractivity contribution in [2.45, 2.75) is 46.6 Å². The van der Waals surface area contributed by atoms with Crippen LogP contribution >= 0.6 is 0 Å². The summed E-state index contributed by atoms with van der Waals surface area (Å²) in [6.45, 7) is 10.3. The smallest absolute Gasteiger partial charge is 0.245 e. The third-order valence-electron chi connectivity index (χ3n) is 2.84. The van der Waals surface area contributed by atoms with Crippen molar-refractivity contribution in [3.05, 3.63) is 11.4 Å². The summed E-state index contributed by atoms with van der Waals surface area (Å²) < 4.78 is 0. The van der Waals surface area contributed by atoms with Crippen LogP contribution in [0.5, 0.6) is 0 Å². The Morgan fingerprint density at radius 1 is 1.11 bits per heavy atom. The molecule has 18 heavy (non-hydrogen) atoms. The molecule has 0 aromatic carbocycles. The predicted octanol–water partition coefficient (Wildman–Crippen LogP) is 1.43. The van der Waals surface area contributed by atoms with Gasteiger partial charge in [0.2, 0.25) is 5.95 Å². The standard InChI is InChI=1S/C13H25N5/c1-6-11-12(7-2)16-17-13(15-11)18(5)9-8-14-10(3)4/h10,14H,6-9H2,1-5H3. The van der Waals surface area contributed by atoms with Gasteiger partial charge in [-0.15, -0.1) is 5.10 Å². The Morgan fingerprint density at radius 3 is 2.33 bits per heavy atom. The molecule has 0 fully saturated rings. The SMILES string of the molecule is CCc1nnc(N(C)CCNC(C)C)nc1CC. The van der Waals surface area contributed by atoms with Gasteiger partial charge in [0.1, 0.15) is 0 Å². The molecule has 0 aliphatic carbocycles. The first-order valence-corrected chi connectivity index (χ1v) is 6.75. The van der Waals surface area contributed by atoms with E-state index in [0.29, 0.717) is 6.04 Å². The van der Waals surface area contributed by atoms with Crippen LogP contribution in [0.15, 0.2) is 0 Å². The number of likely N-dealkylation sites (N-methyl/N-ethyl adjacent to an activating group) is 1. The molecule has 0 atom stereocenters. The summed E-state index contributed by atoms with van der Waals surface area (Å²) in [5.74, 6) is 0.717. The van der Waals surface area contributed by atoms with Crippen molar-refractivity contribution >= 4 is 5.95 Å². The molecule has 5 heteroatoms. The van der Waals surface area contributed by atoms with Gasteiger partial charge in [0.25, 0.3) is 0 Å². The first-order chi connectivity index (χ1) is 8.58. The minimum atomic E-state index is 0.506. The number of aromatic nitrogens is 3. The van der Waals surface area contributed by atoms with E-state index in [-0.39, 0.29) is 0 Å². The van der Waals surface area contributed by atoms with Gasteiger partial charge < -0.3 is 10.2 Å². The van der Waals surface area contributed by atoms with E-state index in [0.717, 1.165) is 43.3 Å². The van der Waals surface area contributed by atoms with Gasteiger partial charge in [-0.25, -0.2) is 4.98 Å². The monoisotopic (exact) mass is 251 g/mol. The maximum Gasteiger partial charge on any atom is 0.245 e. The van der Waals surface area contributed by atoms with Crippen molar-refractivity contribution in [2.24, 2.45) is 0 Å². The molecule has 1 aromatic rings. The van der Waals surface area contributed by atoms with Crippen molar-refractivity contribution in [2.75, 3.05) is 25.0 Å². The average Bonchev–Trinajstić information content (AvgIpc) is 2.37.